The van der Waals surface area contributed by atoms with E-state index in [0.717, 1.165) is 22.6 Å². The number of benzene rings is 2. The lowest BCUT2D eigenvalue weighted by atomic mass is 9.96. The molecule has 0 heterocycles. The summed E-state index contributed by atoms with van der Waals surface area (Å²) < 4.78 is 17.5. The van der Waals surface area contributed by atoms with Gasteiger partial charge in [0.2, 0.25) is 0 Å². The first-order chi connectivity index (χ1) is 17.9. The molecule has 0 fully saturated rings. The van der Waals surface area contributed by atoms with Crippen molar-refractivity contribution in [3.8, 4) is 11.5 Å². The molecule has 0 amide bonds. The second kappa shape index (κ2) is 15.0. The van der Waals surface area contributed by atoms with Crippen LogP contribution < -0.4 is 9.47 Å². The molecule has 0 aliphatic carbocycles. The van der Waals surface area contributed by atoms with Crippen LogP contribution in [0.2, 0.25) is 0 Å². The predicted octanol–water partition coefficient (Wildman–Crippen LogP) is 8.24. The van der Waals surface area contributed by atoms with Gasteiger partial charge in [0, 0.05) is 22.4 Å². The first-order valence-corrected chi connectivity index (χ1v) is 14.7. The van der Waals surface area contributed by atoms with Gasteiger partial charge in [-0.05, 0) is 109 Å². The van der Waals surface area contributed by atoms with Gasteiger partial charge < -0.3 is 14.2 Å². The lowest BCUT2D eigenvalue weighted by Crippen LogP contribution is -2.25. The normalized spacial score (nSPS) is 11.7. The Bertz CT molecular complexity index is 1090. The number of allylic oxidation sites excluding steroid dienone is 1. The van der Waals surface area contributed by atoms with E-state index in [9.17, 15) is 9.59 Å². The second-order valence-electron chi connectivity index (χ2n) is 10.7. The van der Waals surface area contributed by atoms with Crippen LogP contribution in [0.5, 0.6) is 11.5 Å². The molecule has 0 unspecified atom stereocenters. The third kappa shape index (κ3) is 10.2. The van der Waals surface area contributed by atoms with Gasteiger partial charge in [-0.15, -0.1) is 0 Å². The number of unbranched alkanes of at least 4 members (excludes halogenated alkanes) is 2. The molecular weight excluding hydrogens is 496 g/mol. The van der Waals surface area contributed by atoms with E-state index in [1.54, 1.807) is 18.2 Å². The van der Waals surface area contributed by atoms with Crippen LogP contribution >= 0.6 is 11.8 Å². The van der Waals surface area contributed by atoms with Gasteiger partial charge >= 0.3 is 5.97 Å². The Morgan fingerprint density at radius 1 is 1.03 bits per heavy atom. The molecule has 6 heteroatoms. The standard InChI is InChI=1S/C32H44O5S/c1-9-10-11-19-38-20-18-35-27-15-12-25(13-16-27)28(33)17-14-26-21-23(4)29(31(34)37-32(6,7)8)24(5)30(26)36-22(2)3/h12-17,21-22H,9-11,18-20H2,1-8H3. The van der Waals surface area contributed by atoms with Gasteiger partial charge in [0.1, 0.15) is 17.1 Å². The van der Waals surface area contributed by atoms with E-state index in [-0.39, 0.29) is 17.9 Å². The summed E-state index contributed by atoms with van der Waals surface area (Å²) in [4.78, 5) is 25.8. The number of esters is 1. The molecule has 0 radical (unpaired) electrons. The summed E-state index contributed by atoms with van der Waals surface area (Å²) in [5.74, 6) is 2.96. The number of ether oxygens (including phenoxy) is 3. The zero-order chi connectivity index (χ0) is 28.3. The molecule has 38 heavy (non-hydrogen) atoms. The van der Waals surface area contributed by atoms with Gasteiger partial charge in [0.15, 0.2) is 5.78 Å². The molecule has 2 aromatic rings. The largest absolute Gasteiger partial charge is 0.493 e. The van der Waals surface area contributed by atoms with E-state index < -0.39 is 5.60 Å². The molecule has 0 aromatic heterocycles. The maximum Gasteiger partial charge on any atom is 0.339 e. The predicted molar refractivity (Wildman–Crippen MR) is 159 cm³/mol. The number of rotatable bonds is 14. The fraction of sp³-hybridized carbons (Fsp3) is 0.500. The van der Waals surface area contributed by atoms with Crippen molar-refractivity contribution in [2.45, 2.75) is 86.4 Å². The zero-order valence-corrected chi connectivity index (χ0v) is 25.1. The van der Waals surface area contributed by atoms with Crippen LogP contribution in [-0.4, -0.2) is 41.6 Å². The highest BCUT2D eigenvalue weighted by atomic mass is 32.2. The van der Waals surface area contributed by atoms with E-state index in [2.05, 4.69) is 6.92 Å². The Morgan fingerprint density at radius 3 is 2.32 bits per heavy atom. The SMILES string of the molecule is CCCCCSCCOc1ccc(C(=O)C=Cc2cc(C)c(C(=O)OC(C)(C)C)c(C)c2OC(C)C)cc1. The van der Waals surface area contributed by atoms with E-state index >= 15 is 0 Å². The topological polar surface area (TPSA) is 61.8 Å². The molecule has 0 saturated heterocycles. The minimum atomic E-state index is -0.603. The first-order valence-electron chi connectivity index (χ1n) is 13.5. The van der Waals surface area contributed by atoms with Crippen LogP contribution in [0.15, 0.2) is 36.4 Å². The lowest BCUT2D eigenvalue weighted by molar-refractivity contribution is 0.00671. The summed E-state index contributed by atoms with van der Waals surface area (Å²) in [6.07, 6.45) is 6.96. The molecule has 5 nitrogen and oxygen atoms in total. The molecular formula is C32H44O5S. The van der Waals surface area contributed by atoms with Crippen molar-refractivity contribution in [1.29, 1.82) is 0 Å². The van der Waals surface area contributed by atoms with Crippen LogP contribution in [-0.2, 0) is 4.74 Å². The van der Waals surface area contributed by atoms with Crippen molar-refractivity contribution >= 4 is 29.6 Å². The van der Waals surface area contributed by atoms with E-state index in [1.807, 2.05) is 78.4 Å². The van der Waals surface area contributed by atoms with Gasteiger partial charge in [-0.3, -0.25) is 4.79 Å². The Labute approximate surface area is 233 Å². The number of hydrogen-bond donors (Lipinski definition) is 0. The van der Waals surface area contributed by atoms with Crippen molar-refractivity contribution < 1.29 is 23.8 Å². The molecule has 0 aliphatic heterocycles. The van der Waals surface area contributed by atoms with E-state index in [1.165, 1.54) is 31.1 Å². The third-order valence-electron chi connectivity index (χ3n) is 5.64. The van der Waals surface area contributed by atoms with Crippen LogP contribution in [0.1, 0.15) is 98.2 Å². The van der Waals surface area contributed by atoms with Crippen molar-refractivity contribution in [2.75, 3.05) is 18.1 Å². The number of carbonyl (C=O) groups excluding carboxylic acids is 2. The monoisotopic (exact) mass is 540 g/mol. The van der Waals surface area contributed by atoms with Crippen molar-refractivity contribution in [1.82, 2.24) is 0 Å². The Morgan fingerprint density at radius 2 is 1.71 bits per heavy atom. The lowest BCUT2D eigenvalue weighted by Gasteiger charge is -2.23. The van der Waals surface area contributed by atoms with Gasteiger partial charge in [0.05, 0.1) is 18.3 Å². The smallest absolute Gasteiger partial charge is 0.339 e. The van der Waals surface area contributed by atoms with Gasteiger partial charge in [-0.2, -0.15) is 11.8 Å². The molecule has 2 aromatic carbocycles. The highest BCUT2D eigenvalue weighted by Crippen LogP contribution is 2.33. The number of ketones is 1. The minimum absolute atomic E-state index is 0.104. The number of hydrogen-bond acceptors (Lipinski definition) is 6. The Balaban J connectivity index is 2.14. The van der Waals surface area contributed by atoms with Crippen molar-refractivity contribution in [3.63, 3.8) is 0 Å². The summed E-state index contributed by atoms with van der Waals surface area (Å²) in [6, 6.07) is 9.10. The average molecular weight is 541 g/mol. The highest BCUT2D eigenvalue weighted by molar-refractivity contribution is 7.99. The van der Waals surface area contributed by atoms with Crippen molar-refractivity contribution in [2.24, 2.45) is 0 Å². The molecule has 208 valence electrons. The fourth-order valence-corrected chi connectivity index (χ4v) is 4.72. The minimum Gasteiger partial charge on any atom is -0.493 e. The van der Waals surface area contributed by atoms with Crippen LogP contribution in [0, 0.1) is 13.8 Å². The molecule has 0 saturated carbocycles. The van der Waals surface area contributed by atoms with Gasteiger partial charge in [-0.1, -0.05) is 19.8 Å². The first kappa shape index (κ1) is 31.5. The van der Waals surface area contributed by atoms with Crippen LogP contribution in [0.25, 0.3) is 6.08 Å². The molecule has 2 rings (SSSR count). The summed E-state index contributed by atoms with van der Waals surface area (Å²) >= 11 is 1.91. The Hall–Kier alpha value is -2.73. The number of aryl methyl sites for hydroxylation is 1. The van der Waals surface area contributed by atoms with Crippen molar-refractivity contribution in [3.05, 3.63) is 64.2 Å². The number of carbonyl (C=O) groups is 2. The maximum atomic E-state index is 12.9. The summed E-state index contributed by atoms with van der Waals surface area (Å²) in [5, 5.41) is 0. The molecule has 0 aliphatic rings. The number of thioether (sulfide) groups is 1. The highest BCUT2D eigenvalue weighted by Gasteiger charge is 2.24. The summed E-state index contributed by atoms with van der Waals surface area (Å²) in [6.45, 7) is 16.0. The van der Waals surface area contributed by atoms with Gasteiger partial charge in [0.25, 0.3) is 0 Å². The molecule has 0 bridgehead atoms. The summed E-state index contributed by atoms with van der Waals surface area (Å²) in [5.41, 5.74) is 2.68. The second-order valence-corrected chi connectivity index (χ2v) is 11.9. The average Bonchev–Trinajstić information content (AvgIpc) is 2.83. The van der Waals surface area contributed by atoms with Gasteiger partial charge in [-0.25, -0.2) is 4.79 Å². The van der Waals surface area contributed by atoms with Crippen LogP contribution in [0.3, 0.4) is 0 Å². The third-order valence-corrected chi connectivity index (χ3v) is 6.68. The quantitative estimate of drug-likeness (QED) is 0.104. The fourth-order valence-electron chi connectivity index (χ4n) is 3.91. The molecule has 0 N–H and O–H groups in total. The zero-order valence-electron chi connectivity index (χ0n) is 24.3. The van der Waals surface area contributed by atoms with E-state index in [4.69, 9.17) is 14.2 Å². The summed E-state index contributed by atoms with van der Waals surface area (Å²) in [7, 11) is 0. The van der Waals surface area contributed by atoms with Crippen LogP contribution in [0.4, 0.5) is 0 Å². The molecule has 0 atom stereocenters. The Kier molecular flexibility index (Phi) is 12.4. The van der Waals surface area contributed by atoms with E-state index in [0.29, 0.717) is 29.0 Å². The molecule has 0 spiro atoms. The maximum absolute atomic E-state index is 12.9.